The quantitative estimate of drug-likeness (QED) is 0.705. The number of para-hydroxylation sites is 1. The van der Waals surface area contributed by atoms with E-state index in [1.807, 2.05) is 26.0 Å². The van der Waals surface area contributed by atoms with E-state index >= 15 is 0 Å². The summed E-state index contributed by atoms with van der Waals surface area (Å²) < 4.78 is 0. The van der Waals surface area contributed by atoms with Crippen LogP contribution in [0.1, 0.15) is 39.7 Å². The highest BCUT2D eigenvalue weighted by Crippen LogP contribution is 2.16. The Labute approximate surface area is 149 Å². The van der Waals surface area contributed by atoms with E-state index in [-0.39, 0.29) is 17.9 Å². The Morgan fingerprint density at radius 1 is 1.12 bits per heavy atom. The van der Waals surface area contributed by atoms with Crippen LogP contribution in [0.4, 0.5) is 10.5 Å². The topological polar surface area (TPSA) is 90.5 Å². The highest BCUT2D eigenvalue weighted by molar-refractivity contribution is 5.94. The van der Waals surface area contributed by atoms with Gasteiger partial charge >= 0.3 is 6.03 Å². The molecule has 0 radical (unpaired) electrons. The van der Waals surface area contributed by atoms with Crippen LogP contribution in [0, 0.1) is 0 Å². The third-order valence-electron chi connectivity index (χ3n) is 3.95. The second kappa shape index (κ2) is 9.66. The molecule has 0 aliphatic carbocycles. The monoisotopic (exact) mass is 348 g/mol. The number of nitrogens with one attached hydrogen (secondary N) is 3. The summed E-state index contributed by atoms with van der Waals surface area (Å²) in [6, 6.07) is 6.18. The molecule has 0 aromatic heterocycles. The molecule has 1 rings (SSSR count). The molecule has 0 bridgehead atoms. The van der Waals surface area contributed by atoms with Crippen molar-refractivity contribution >= 4 is 23.5 Å². The molecule has 25 heavy (non-hydrogen) atoms. The summed E-state index contributed by atoms with van der Waals surface area (Å²) in [5, 5.41) is 8.18. The first-order valence-electron chi connectivity index (χ1n) is 8.42. The van der Waals surface area contributed by atoms with Crippen molar-refractivity contribution in [1.29, 1.82) is 0 Å². The van der Waals surface area contributed by atoms with Gasteiger partial charge in [-0.1, -0.05) is 25.1 Å². The van der Waals surface area contributed by atoms with E-state index < -0.39 is 12.1 Å². The minimum absolute atomic E-state index is 0.0580. The van der Waals surface area contributed by atoms with Crippen LogP contribution in [0.25, 0.3) is 0 Å². The van der Waals surface area contributed by atoms with Crippen LogP contribution in [0.3, 0.4) is 0 Å². The van der Waals surface area contributed by atoms with Crippen LogP contribution in [0.15, 0.2) is 24.3 Å². The maximum Gasteiger partial charge on any atom is 0.319 e. The lowest BCUT2D eigenvalue weighted by Crippen LogP contribution is -2.48. The van der Waals surface area contributed by atoms with Crippen molar-refractivity contribution in [2.24, 2.45) is 0 Å². The van der Waals surface area contributed by atoms with Gasteiger partial charge in [0.25, 0.3) is 0 Å². The van der Waals surface area contributed by atoms with Crippen molar-refractivity contribution in [3.8, 4) is 0 Å². The van der Waals surface area contributed by atoms with Crippen molar-refractivity contribution in [2.45, 2.75) is 52.7 Å². The molecule has 0 saturated carbocycles. The van der Waals surface area contributed by atoms with Crippen molar-refractivity contribution in [3.63, 3.8) is 0 Å². The molecule has 2 atom stereocenters. The first-order valence-corrected chi connectivity index (χ1v) is 8.42. The van der Waals surface area contributed by atoms with Crippen molar-refractivity contribution < 1.29 is 14.4 Å². The van der Waals surface area contributed by atoms with E-state index in [1.165, 1.54) is 6.92 Å². The van der Waals surface area contributed by atoms with Crippen LogP contribution in [0.5, 0.6) is 0 Å². The van der Waals surface area contributed by atoms with Crippen LogP contribution >= 0.6 is 0 Å². The number of carbonyl (C=O) groups excluding carboxylic acids is 3. The molecule has 0 aliphatic heterocycles. The summed E-state index contributed by atoms with van der Waals surface area (Å²) in [4.78, 5) is 37.1. The van der Waals surface area contributed by atoms with E-state index in [9.17, 15) is 14.4 Å². The number of benzene rings is 1. The lowest BCUT2D eigenvalue weighted by Gasteiger charge is -2.20. The molecule has 0 spiro atoms. The average molecular weight is 348 g/mol. The molecule has 0 saturated heterocycles. The standard InChI is InChI=1S/C18H28N4O3/c1-6-12(2)19-17(24)13(3)20-18(25)21-16-10-8-7-9-15(16)11-22(5)14(4)23/h7-10,12-13H,6,11H2,1-5H3,(H,19,24)(H2,20,21,25)/t12-,13+/m1/s1. The third kappa shape index (κ3) is 6.82. The molecule has 0 unspecified atom stereocenters. The van der Waals surface area contributed by atoms with Crippen molar-refractivity contribution in [3.05, 3.63) is 29.8 Å². The second-order valence-electron chi connectivity index (χ2n) is 6.17. The summed E-state index contributed by atoms with van der Waals surface area (Å²) in [6.07, 6.45) is 0.821. The molecule has 7 heteroatoms. The van der Waals surface area contributed by atoms with Gasteiger partial charge in [0.15, 0.2) is 0 Å². The normalized spacial score (nSPS) is 12.7. The van der Waals surface area contributed by atoms with Crippen LogP contribution in [0.2, 0.25) is 0 Å². The smallest absolute Gasteiger partial charge is 0.319 e. The fourth-order valence-electron chi connectivity index (χ4n) is 2.04. The Kier molecular flexibility index (Phi) is 7.91. The van der Waals surface area contributed by atoms with E-state index in [0.29, 0.717) is 12.2 Å². The first-order chi connectivity index (χ1) is 11.7. The highest BCUT2D eigenvalue weighted by Gasteiger charge is 2.17. The van der Waals surface area contributed by atoms with Crippen LogP contribution in [-0.4, -0.2) is 41.9 Å². The van der Waals surface area contributed by atoms with E-state index in [2.05, 4.69) is 16.0 Å². The Morgan fingerprint density at radius 2 is 1.76 bits per heavy atom. The number of hydrogen-bond donors (Lipinski definition) is 3. The molecule has 0 fully saturated rings. The Hall–Kier alpha value is -2.57. The summed E-state index contributed by atoms with van der Waals surface area (Å²) in [7, 11) is 1.69. The van der Waals surface area contributed by atoms with Gasteiger partial charge in [0.2, 0.25) is 11.8 Å². The van der Waals surface area contributed by atoms with E-state index in [1.54, 1.807) is 31.0 Å². The summed E-state index contributed by atoms with van der Waals surface area (Å²) in [5.74, 6) is -0.288. The largest absolute Gasteiger partial charge is 0.352 e. The minimum atomic E-state index is -0.652. The Bertz CT molecular complexity index is 618. The number of hydrogen-bond acceptors (Lipinski definition) is 3. The molecule has 4 amide bonds. The fraction of sp³-hybridized carbons (Fsp3) is 0.500. The highest BCUT2D eigenvalue weighted by atomic mass is 16.2. The van der Waals surface area contributed by atoms with Gasteiger partial charge < -0.3 is 20.9 Å². The first kappa shape index (κ1) is 20.5. The zero-order valence-corrected chi connectivity index (χ0v) is 15.6. The van der Waals surface area contributed by atoms with Crippen molar-refractivity contribution in [1.82, 2.24) is 15.5 Å². The maximum atomic E-state index is 12.2. The SMILES string of the molecule is CC[C@@H](C)NC(=O)[C@H](C)NC(=O)Nc1ccccc1CN(C)C(C)=O. The lowest BCUT2D eigenvalue weighted by molar-refractivity contribution is -0.128. The third-order valence-corrected chi connectivity index (χ3v) is 3.95. The fourth-order valence-corrected chi connectivity index (χ4v) is 2.04. The van der Waals surface area contributed by atoms with Gasteiger partial charge in [-0.15, -0.1) is 0 Å². The van der Waals surface area contributed by atoms with Gasteiger partial charge in [0, 0.05) is 32.2 Å². The molecule has 7 nitrogen and oxygen atoms in total. The molecule has 1 aromatic carbocycles. The Morgan fingerprint density at radius 3 is 2.36 bits per heavy atom. The van der Waals surface area contributed by atoms with Gasteiger partial charge in [-0.05, 0) is 31.9 Å². The van der Waals surface area contributed by atoms with Crippen LogP contribution < -0.4 is 16.0 Å². The Balaban J connectivity index is 2.68. The lowest BCUT2D eigenvalue weighted by atomic mass is 10.1. The minimum Gasteiger partial charge on any atom is -0.352 e. The summed E-state index contributed by atoms with van der Waals surface area (Å²) in [6.45, 7) is 7.39. The number of anilines is 1. The molecule has 3 N–H and O–H groups in total. The summed E-state index contributed by atoms with van der Waals surface area (Å²) in [5.41, 5.74) is 1.41. The predicted molar refractivity (Wildman–Crippen MR) is 98.1 cm³/mol. The van der Waals surface area contributed by atoms with Gasteiger partial charge in [0.1, 0.15) is 6.04 Å². The van der Waals surface area contributed by atoms with Crippen LogP contribution in [-0.2, 0) is 16.1 Å². The summed E-state index contributed by atoms with van der Waals surface area (Å²) >= 11 is 0. The molecule has 0 heterocycles. The predicted octanol–water partition coefficient (Wildman–Crippen LogP) is 2.09. The van der Waals surface area contributed by atoms with Gasteiger partial charge in [0.05, 0.1) is 0 Å². The molecular weight excluding hydrogens is 320 g/mol. The molecule has 1 aromatic rings. The zero-order valence-electron chi connectivity index (χ0n) is 15.6. The van der Waals surface area contributed by atoms with Crippen molar-refractivity contribution in [2.75, 3.05) is 12.4 Å². The van der Waals surface area contributed by atoms with E-state index in [4.69, 9.17) is 0 Å². The number of nitrogens with zero attached hydrogens (tertiary/aromatic N) is 1. The molecular formula is C18H28N4O3. The zero-order chi connectivity index (χ0) is 19.0. The maximum absolute atomic E-state index is 12.2. The number of amides is 4. The second-order valence-corrected chi connectivity index (χ2v) is 6.17. The van der Waals surface area contributed by atoms with Gasteiger partial charge in [-0.25, -0.2) is 4.79 Å². The molecule has 138 valence electrons. The molecule has 0 aliphatic rings. The number of rotatable bonds is 7. The van der Waals surface area contributed by atoms with Gasteiger partial charge in [-0.2, -0.15) is 0 Å². The number of carbonyl (C=O) groups is 3. The van der Waals surface area contributed by atoms with Gasteiger partial charge in [-0.3, -0.25) is 9.59 Å². The van der Waals surface area contributed by atoms with E-state index in [0.717, 1.165) is 12.0 Å². The average Bonchev–Trinajstić information content (AvgIpc) is 2.55. The number of urea groups is 1.